The van der Waals surface area contributed by atoms with Crippen molar-refractivity contribution >= 4 is 36.0 Å². The van der Waals surface area contributed by atoms with E-state index in [0.717, 1.165) is 0 Å². The second-order valence-electron chi connectivity index (χ2n) is 12.6. The normalized spacial score (nSPS) is 19.8. The van der Waals surface area contributed by atoms with Gasteiger partial charge in [0.25, 0.3) is 14.7 Å². The Hall–Kier alpha value is -4.30. The van der Waals surface area contributed by atoms with E-state index in [1.807, 2.05) is 121 Å². The molecule has 0 aromatic heterocycles. The Morgan fingerprint density at radius 2 is 0.583 bits per heavy atom. The Morgan fingerprint density at radius 3 is 0.833 bits per heavy atom. The topological polar surface area (TPSA) is 52.6 Å². The Kier molecular flexibility index (Phi) is 8.37. The van der Waals surface area contributed by atoms with Crippen LogP contribution in [-0.2, 0) is 18.2 Å². The van der Waals surface area contributed by atoms with Crippen LogP contribution in [0.5, 0.6) is 0 Å². The average molecular weight is 667 g/mol. The molecule has 3 aliphatic rings. The third-order valence-corrected chi connectivity index (χ3v) is 15.0. The maximum atomic E-state index is 15.1. The molecule has 9 rings (SSSR count). The molecule has 0 aliphatic heterocycles. The maximum Gasteiger partial charge on any atom is 0.261 e. The summed E-state index contributed by atoms with van der Waals surface area (Å²) >= 11 is 0. The number of hydrogen-bond acceptors (Lipinski definition) is 4. The molecule has 3 aliphatic carbocycles. The average Bonchev–Trinajstić information content (AvgIpc) is 3.17. The van der Waals surface area contributed by atoms with Gasteiger partial charge in [-0.1, -0.05) is 121 Å². The lowest BCUT2D eigenvalue weighted by Gasteiger charge is -2.51. The van der Waals surface area contributed by atoms with Gasteiger partial charge >= 0.3 is 0 Å². The number of benzene rings is 6. The fourth-order valence-electron chi connectivity index (χ4n) is 7.82. The molecule has 2 unspecified atom stereocenters. The van der Waals surface area contributed by atoms with Crippen molar-refractivity contribution in [1.29, 1.82) is 0 Å². The second-order valence-corrected chi connectivity index (χ2v) is 17.4. The first kappa shape index (κ1) is 31.0. The smallest absolute Gasteiger partial charge is 0.261 e. The summed E-state index contributed by atoms with van der Waals surface area (Å²) in [6.07, 6.45) is 0. The van der Waals surface area contributed by atoms with Gasteiger partial charge in [-0.05, 0) is 82.6 Å². The number of hydrogen-bond donors (Lipinski definition) is 0. The highest BCUT2D eigenvalue weighted by Crippen LogP contribution is 2.60. The molecule has 0 saturated carbocycles. The molecule has 0 radical (unpaired) electrons. The Labute approximate surface area is 282 Å². The van der Waals surface area contributed by atoms with Crippen molar-refractivity contribution < 1.29 is 18.2 Å². The van der Waals surface area contributed by atoms with E-state index in [4.69, 9.17) is 9.05 Å². The molecule has 0 N–H and O–H groups in total. The summed E-state index contributed by atoms with van der Waals surface area (Å²) in [7, 11) is -6.90. The molecule has 0 amide bonds. The van der Waals surface area contributed by atoms with E-state index in [1.165, 1.54) is 22.3 Å². The van der Waals surface area contributed by atoms with Crippen LogP contribution in [0, 0.1) is 11.8 Å². The first-order valence-corrected chi connectivity index (χ1v) is 19.7. The Balaban J connectivity index is 1.22. The summed E-state index contributed by atoms with van der Waals surface area (Å²) in [5.74, 6) is -0.159. The Bertz CT molecular complexity index is 1830. The Morgan fingerprint density at radius 1 is 0.354 bits per heavy atom. The molecule has 238 valence electrons. The zero-order valence-electron chi connectivity index (χ0n) is 26.4. The van der Waals surface area contributed by atoms with E-state index < -0.39 is 14.7 Å². The summed E-state index contributed by atoms with van der Waals surface area (Å²) in [5, 5.41) is 2.68. The van der Waals surface area contributed by atoms with Crippen molar-refractivity contribution in [1.82, 2.24) is 0 Å². The predicted octanol–water partition coefficient (Wildman–Crippen LogP) is 8.40. The van der Waals surface area contributed by atoms with E-state index in [9.17, 15) is 0 Å². The molecule has 6 heteroatoms. The van der Waals surface area contributed by atoms with Crippen molar-refractivity contribution in [2.45, 2.75) is 11.8 Å². The third kappa shape index (κ3) is 5.34. The van der Waals surface area contributed by atoms with Gasteiger partial charge < -0.3 is 9.05 Å². The van der Waals surface area contributed by atoms with Gasteiger partial charge in [-0.15, -0.1) is 0 Å². The van der Waals surface area contributed by atoms with Crippen LogP contribution in [0.4, 0.5) is 0 Å². The van der Waals surface area contributed by atoms with Crippen molar-refractivity contribution in [3.63, 3.8) is 0 Å². The van der Waals surface area contributed by atoms with Crippen molar-refractivity contribution in [2.24, 2.45) is 11.8 Å². The number of rotatable bonds is 10. The van der Waals surface area contributed by atoms with E-state index in [1.54, 1.807) is 0 Å². The minimum absolute atomic E-state index is 0.00355. The van der Waals surface area contributed by atoms with Gasteiger partial charge in [-0.25, -0.2) is 0 Å². The molecule has 48 heavy (non-hydrogen) atoms. The van der Waals surface area contributed by atoms with E-state index in [0.29, 0.717) is 21.2 Å². The van der Waals surface area contributed by atoms with Gasteiger partial charge in [0.1, 0.15) is 0 Å². The molecule has 0 fully saturated rings. The van der Waals surface area contributed by atoms with Crippen LogP contribution < -0.4 is 21.2 Å². The van der Waals surface area contributed by atoms with E-state index in [-0.39, 0.29) is 36.9 Å². The molecule has 2 atom stereocenters. The highest BCUT2D eigenvalue weighted by atomic mass is 31.2. The SMILES string of the molecule is O=P(OCC1C2c3ccccc3C(c3ccccc32)C1COP(=O)(c1ccccc1)c1ccccc1)(c1ccccc1)c1ccccc1. The van der Waals surface area contributed by atoms with Crippen molar-refractivity contribution in [3.05, 3.63) is 192 Å². The summed E-state index contributed by atoms with van der Waals surface area (Å²) in [6, 6.07) is 55.4. The first-order valence-electron chi connectivity index (χ1n) is 16.5. The molecular formula is C42H36O4P2. The molecule has 0 spiro atoms. The zero-order valence-corrected chi connectivity index (χ0v) is 28.2. The van der Waals surface area contributed by atoms with Gasteiger partial charge in [0.15, 0.2) is 0 Å². The second kappa shape index (κ2) is 13.0. The summed E-state index contributed by atoms with van der Waals surface area (Å²) in [6.45, 7) is 0.500. The maximum absolute atomic E-state index is 15.1. The standard InChI is InChI=1S/C42H36O4P2/c43-47(31-17-5-1-6-18-31,32-19-7-2-8-20-32)45-29-39-40(30-46-48(44,33-21-9-3-10-22-33)34-23-11-4-12-24-34)42-37-27-15-13-25-35(37)41(39)36-26-14-16-28-38(36)42/h1-28,39-42H,29-30H2. The predicted molar refractivity (Wildman–Crippen MR) is 195 cm³/mol. The molecule has 6 aromatic carbocycles. The molecule has 6 aromatic rings. The molecule has 0 heterocycles. The highest BCUT2D eigenvalue weighted by molar-refractivity contribution is 7.74. The zero-order chi connectivity index (χ0) is 32.6. The van der Waals surface area contributed by atoms with Gasteiger partial charge in [0.2, 0.25) is 0 Å². The lowest BCUT2D eigenvalue weighted by atomic mass is 9.54. The summed E-state index contributed by atoms with van der Waals surface area (Å²) < 4.78 is 43.7. The van der Waals surface area contributed by atoms with Crippen LogP contribution in [0.3, 0.4) is 0 Å². The summed E-state index contributed by atoms with van der Waals surface area (Å²) in [4.78, 5) is 0. The lowest BCUT2D eigenvalue weighted by molar-refractivity contribution is 0.104. The minimum atomic E-state index is -3.45. The molecular weight excluding hydrogens is 630 g/mol. The third-order valence-electron chi connectivity index (χ3n) is 10.0. The van der Waals surface area contributed by atoms with Crippen molar-refractivity contribution in [2.75, 3.05) is 13.2 Å². The van der Waals surface area contributed by atoms with Gasteiger partial charge in [0, 0.05) is 33.1 Å². The fourth-order valence-corrected chi connectivity index (χ4v) is 12.0. The van der Waals surface area contributed by atoms with Gasteiger partial charge in [0.05, 0.1) is 13.2 Å². The molecule has 2 bridgehead atoms. The van der Waals surface area contributed by atoms with Crippen LogP contribution in [0.15, 0.2) is 170 Å². The number of fused-ring (bicyclic) bond motifs is 1. The largest absolute Gasteiger partial charge is 0.322 e. The van der Waals surface area contributed by atoms with Crippen LogP contribution in [0.25, 0.3) is 0 Å². The molecule has 4 nitrogen and oxygen atoms in total. The minimum Gasteiger partial charge on any atom is -0.322 e. The van der Waals surface area contributed by atoms with Gasteiger partial charge in [-0.3, -0.25) is 9.13 Å². The van der Waals surface area contributed by atoms with Crippen LogP contribution in [0.2, 0.25) is 0 Å². The van der Waals surface area contributed by atoms with Crippen LogP contribution in [0.1, 0.15) is 34.1 Å². The van der Waals surface area contributed by atoms with Crippen LogP contribution in [-0.4, -0.2) is 13.2 Å². The lowest BCUT2D eigenvalue weighted by Crippen LogP contribution is -2.44. The first-order chi connectivity index (χ1) is 23.6. The van der Waals surface area contributed by atoms with E-state index >= 15 is 9.13 Å². The van der Waals surface area contributed by atoms with Gasteiger partial charge in [-0.2, -0.15) is 0 Å². The van der Waals surface area contributed by atoms with Crippen molar-refractivity contribution in [3.8, 4) is 0 Å². The highest BCUT2D eigenvalue weighted by Gasteiger charge is 2.51. The quantitative estimate of drug-likeness (QED) is 0.138. The fraction of sp³-hybridized carbons (Fsp3) is 0.143. The van der Waals surface area contributed by atoms with E-state index in [2.05, 4.69) is 48.5 Å². The molecule has 0 saturated heterocycles. The summed E-state index contributed by atoms with van der Waals surface area (Å²) in [5.41, 5.74) is 5.09. The monoisotopic (exact) mass is 666 g/mol. The van der Waals surface area contributed by atoms with Crippen LogP contribution >= 0.6 is 14.7 Å².